The van der Waals surface area contributed by atoms with E-state index < -0.39 is 34.2 Å². The van der Waals surface area contributed by atoms with Gasteiger partial charge in [0.25, 0.3) is 0 Å². The Morgan fingerprint density at radius 2 is 1.74 bits per heavy atom. The average molecular weight is 513 g/mol. The third-order valence-corrected chi connectivity index (χ3v) is 6.79. The molecule has 0 unspecified atom stereocenters. The van der Waals surface area contributed by atoms with Crippen LogP contribution in [-0.2, 0) is 27.5 Å². The van der Waals surface area contributed by atoms with E-state index >= 15 is 0 Å². The van der Waals surface area contributed by atoms with E-state index in [0.29, 0.717) is 5.56 Å². The minimum Gasteiger partial charge on any atom is -0.495 e. The number of hydrogen-bond acceptors (Lipinski definition) is 4. The van der Waals surface area contributed by atoms with Crippen molar-refractivity contribution in [3.8, 4) is 5.75 Å². The van der Waals surface area contributed by atoms with E-state index in [0.717, 1.165) is 22.5 Å². The van der Waals surface area contributed by atoms with Crippen molar-refractivity contribution in [1.29, 1.82) is 0 Å². The fourth-order valence-electron chi connectivity index (χ4n) is 3.14. The zero-order chi connectivity index (χ0) is 24.9. The molecule has 11 heteroatoms. The van der Waals surface area contributed by atoms with Crippen molar-refractivity contribution < 1.29 is 31.1 Å². The number of nitrogens with one attached hydrogen (secondary N) is 1. The molecular formula is C23H20ClF3N2O4S. The SMILES string of the molecule is COc1ccc(Cl)cc1S(=O)(=O)N(CC(=O)Nc1cccc(C(F)(F)F)c1)Cc1ccccc1. The maximum atomic E-state index is 13.5. The number of anilines is 1. The van der Waals surface area contributed by atoms with Crippen molar-refractivity contribution in [3.05, 3.63) is 88.9 Å². The van der Waals surface area contributed by atoms with Crippen molar-refractivity contribution >= 4 is 33.2 Å². The van der Waals surface area contributed by atoms with Crippen molar-refractivity contribution in [3.63, 3.8) is 0 Å². The molecule has 0 heterocycles. The van der Waals surface area contributed by atoms with Crippen LogP contribution in [0.2, 0.25) is 5.02 Å². The molecule has 0 aliphatic carbocycles. The summed E-state index contributed by atoms with van der Waals surface area (Å²) in [5, 5.41) is 2.48. The maximum absolute atomic E-state index is 13.5. The van der Waals surface area contributed by atoms with Crippen LogP contribution in [-0.4, -0.2) is 32.3 Å². The lowest BCUT2D eigenvalue weighted by Crippen LogP contribution is -2.37. The summed E-state index contributed by atoms with van der Waals surface area (Å²) >= 11 is 6.00. The number of carbonyl (C=O) groups excluding carboxylic acids is 1. The Hall–Kier alpha value is -3.08. The summed E-state index contributed by atoms with van der Waals surface area (Å²) < 4.78 is 72.0. The molecule has 0 saturated carbocycles. The lowest BCUT2D eigenvalue weighted by Gasteiger charge is -2.23. The van der Waals surface area contributed by atoms with E-state index in [1.54, 1.807) is 30.3 Å². The number of amides is 1. The first kappa shape index (κ1) is 25.5. The van der Waals surface area contributed by atoms with Crippen LogP contribution in [0.5, 0.6) is 5.75 Å². The van der Waals surface area contributed by atoms with Crippen LogP contribution in [0.1, 0.15) is 11.1 Å². The van der Waals surface area contributed by atoms with Gasteiger partial charge in [0.15, 0.2) is 0 Å². The van der Waals surface area contributed by atoms with E-state index in [1.165, 1.54) is 31.4 Å². The van der Waals surface area contributed by atoms with Gasteiger partial charge in [0.2, 0.25) is 15.9 Å². The second kappa shape index (κ2) is 10.5. The van der Waals surface area contributed by atoms with E-state index in [2.05, 4.69) is 5.32 Å². The summed E-state index contributed by atoms with van der Waals surface area (Å²) in [4.78, 5) is 12.5. The number of carbonyl (C=O) groups is 1. The van der Waals surface area contributed by atoms with E-state index in [1.807, 2.05) is 0 Å². The molecule has 0 aliphatic rings. The molecule has 3 aromatic rings. The van der Waals surface area contributed by atoms with Crippen LogP contribution >= 0.6 is 11.6 Å². The van der Waals surface area contributed by atoms with Crippen LogP contribution in [0.25, 0.3) is 0 Å². The second-order valence-electron chi connectivity index (χ2n) is 7.18. The highest BCUT2D eigenvalue weighted by Gasteiger charge is 2.32. The van der Waals surface area contributed by atoms with Gasteiger partial charge in [-0.05, 0) is 42.0 Å². The van der Waals surface area contributed by atoms with Gasteiger partial charge in [-0.1, -0.05) is 48.0 Å². The van der Waals surface area contributed by atoms with E-state index in [9.17, 15) is 26.4 Å². The average Bonchev–Trinajstić information content (AvgIpc) is 2.79. The van der Waals surface area contributed by atoms with E-state index in [4.69, 9.17) is 16.3 Å². The highest BCUT2D eigenvalue weighted by atomic mass is 35.5. The lowest BCUT2D eigenvalue weighted by atomic mass is 10.2. The summed E-state index contributed by atoms with van der Waals surface area (Å²) in [5.74, 6) is -0.791. The summed E-state index contributed by atoms with van der Waals surface area (Å²) in [6.45, 7) is -0.835. The number of halogens is 4. The maximum Gasteiger partial charge on any atom is 0.416 e. The number of alkyl halides is 3. The summed E-state index contributed by atoms with van der Waals surface area (Å²) in [5.41, 5.74) is -0.459. The molecule has 6 nitrogen and oxygen atoms in total. The predicted molar refractivity (Wildman–Crippen MR) is 122 cm³/mol. The Balaban J connectivity index is 1.93. The van der Waals surface area contributed by atoms with Crippen LogP contribution in [0, 0.1) is 0 Å². The quantitative estimate of drug-likeness (QED) is 0.450. The summed E-state index contributed by atoms with van der Waals surface area (Å²) in [7, 11) is -3.00. The van der Waals surface area contributed by atoms with Gasteiger partial charge in [0.05, 0.1) is 19.2 Å². The molecule has 3 aromatic carbocycles. The number of benzene rings is 3. The van der Waals surface area contributed by atoms with Gasteiger partial charge >= 0.3 is 6.18 Å². The molecule has 0 fully saturated rings. The molecule has 0 atom stereocenters. The molecule has 0 aliphatic heterocycles. The monoisotopic (exact) mass is 512 g/mol. The normalized spacial score (nSPS) is 11.9. The summed E-state index contributed by atoms with van der Waals surface area (Å²) in [6, 6.07) is 16.7. The fourth-order valence-corrected chi connectivity index (χ4v) is 4.94. The molecule has 180 valence electrons. The minimum absolute atomic E-state index is 0.0285. The molecule has 34 heavy (non-hydrogen) atoms. The number of rotatable bonds is 8. The molecule has 0 radical (unpaired) electrons. The zero-order valence-corrected chi connectivity index (χ0v) is 19.4. The first-order valence-electron chi connectivity index (χ1n) is 9.85. The smallest absolute Gasteiger partial charge is 0.416 e. The summed E-state index contributed by atoms with van der Waals surface area (Å²) in [6.07, 6.45) is -4.59. The van der Waals surface area contributed by atoms with Gasteiger partial charge in [0.1, 0.15) is 10.6 Å². The Morgan fingerprint density at radius 3 is 2.38 bits per heavy atom. The minimum atomic E-state index is -4.59. The number of nitrogens with zero attached hydrogens (tertiary/aromatic N) is 1. The standard InChI is InChI=1S/C23H20ClF3N2O4S/c1-33-20-11-10-18(24)13-21(20)34(31,32)29(14-16-6-3-2-4-7-16)15-22(30)28-19-9-5-8-17(12-19)23(25,26)27/h2-13H,14-15H2,1H3,(H,28,30). The van der Waals surface area contributed by atoms with Crippen molar-refractivity contribution in [2.24, 2.45) is 0 Å². The fraction of sp³-hybridized carbons (Fsp3) is 0.174. The number of methoxy groups -OCH3 is 1. The Bertz CT molecular complexity index is 1270. The Kier molecular flexibility index (Phi) is 7.86. The second-order valence-corrected chi connectivity index (χ2v) is 9.52. The van der Waals surface area contributed by atoms with Gasteiger partial charge in [-0.25, -0.2) is 8.42 Å². The van der Waals surface area contributed by atoms with Crippen LogP contribution in [0.3, 0.4) is 0 Å². The lowest BCUT2D eigenvalue weighted by molar-refractivity contribution is -0.137. The van der Waals surface area contributed by atoms with Crippen LogP contribution < -0.4 is 10.1 Å². The molecular weight excluding hydrogens is 493 g/mol. The molecule has 0 saturated heterocycles. The number of ether oxygens (including phenoxy) is 1. The van der Waals surface area contributed by atoms with Gasteiger partial charge < -0.3 is 10.1 Å². The molecule has 1 amide bonds. The van der Waals surface area contributed by atoms with Crippen molar-refractivity contribution in [2.75, 3.05) is 19.0 Å². The van der Waals surface area contributed by atoms with E-state index in [-0.39, 0.29) is 27.9 Å². The highest BCUT2D eigenvalue weighted by Crippen LogP contribution is 2.32. The Morgan fingerprint density at radius 1 is 1.03 bits per heavy atom. The topological polar surface area (TPSA) is 75.7 Å². The third-order valence-electron chi connectivity index (χ3n) is 4.74. The first-order chi connectivity index (χ1) is 16.0. The Labute approximate surface area is 200 Å². The van der Waals surface area contributed by atoms with Crippen LogP contribution in [0.4, 0.5) is 18.9 Å². The number of hydrogen-bond donors (Lipinski definition) is 1. The predicted octanol–water partition coefficient (Wildman–Crippen LogP) is 5.20. The highest BCUT2D eigenvalue weighted by molar-refractivity contribution is 7.89. The molecule has 3 rings (SSSR count). The van der Waals surface area contributed by atoms with Gasteiger partial charge in [-0.3, -0.25) is 4.79 Å². The van der Waals surface area contributed by atoms with Crippen molar-refractivity contribution in [1.82, 2.24) is 4.31 Å². The molecule has 1 N–H and O–H groups in total. The van der Waals surface area contributed by atoms with Gasteiger partial charge in [-0.15, -0.1) is 0 Å². The van der Waals surface area contributed by atoms with Gasteiger partial charge in [0, 0.05) is 17.3 Å². The van der Waals surface area contributed by atoms with Crippen LogP contribution in [0.15, 0.2) is 77.7 Å². The largest absolute Gasteiger partial charge is 0.495 e. The first-order valence-corrected chi connectivity index (χ1v) is 11.7. The third kappa shape index (κ3) is 6.28. The number of sulfonamides is 1. The van der Waals surface area contributed by atoms with Gasteiger partial charge in [-0.2, -0.15) is 17.5 Å². The molecule has 0 spiro atoms. The zero-order valence-electron chi connectivity index (χ0n) is 17.8. The van der Waals surface area contributed by atoms with Crippen molar-refractivity contribution in [2.45, 2.75) is 17.6 Å². The molecule has 0 aromatic heterocycles. The molecule has 0 bridgehead atoms.